The molecule has 2 heterocycles. The summed E-state index contributed by atoms with van der Waals surface area (Å²) in [5, 5.41) is 17.9. The third-order valence-corrected chi connectivity index (χ3v) is 4.46. The molecule has 2 aliphatic rings. The zero-order chi connectivity index (χ0) is 13.3. The Kier molecular flexibility index (Phi) is 3.32. The highest BCUT2D eigenvalue weighted by atomic mass is 16.5. The molecule has 1 aromatic rings. The predicted molar refractivity (Wildman–Crippen MR) is 67.5 cm³/mol. The molecule has 1 saturated heterocycles. The molecule has 6 nitrogen and oxygen atoms in total. The van der Waals surface area contributed by atoms with Gasteiger partial charge in [0.05, 0.1) is 0 Å². The summed E-state index contributed by atoms with van der Waals surface area (Å²) in [6.07, 6.45) is 5.28. The number of rotatable bonds is 3. The Balaban J connectivity index is 1.86. The van der Waals surface area contributed by atoms with Crippen LogP contribution in [0.25, 0.3) is 0 Å². The van der Waals surface area contributed by atoms with Gasteiger partial charge in [0.2, 0.25) is 5.82 Å². The average Bonchev–Trinajstić information content (AvgIpc) is 3.09. The highest BCUT2D eigenvalue weighted by Gasteiger charge is 2.43. The van der Waals surface area contributed by atoms with E-state index in [-0.39, 0.29) is 0 Å². The summed E-state index contributed by atoms with van der Waals surface area (Å²) in [6.45, 7) is 1.53. The topological polar surface area (TPSA) is 80.4 Å². The van der Waals surface area contributed by atoms with Crippen molar-refractivity contribution in [3.8, 4) is 0 Å². The predicted octanol–water partition coefficient (Wildman–Crippen LogP) is 1.06. The molecule has 0 spiro atoms. The van der Waals surface area contributed by atoms with Crippen LogP contribution in [-0.4, -0.2) is 35.4 Å². The van der Waals surface area contributed by atoms with E-state index in [1.807, 2.05) is 0 Å². The number of hydrogen-bond donors (Lipinski definition) is 2. The van der Waals surface area contributed by atoms with E-state index >= 15 is 0 Å². The quantitative estimate of drug-likeness (QED) is 0.852. The maximum Gasteiger partial charge on any atom is 0.258 e. The van der Waals surface area contributed by atoms with Gasteiger partial charge in [0.25, 0.3) is 5.89 Å². The van der Waals surface area contributed by atoms with Crippen molar-refractivity contribution >= 4 is 0 Å². The van der Waals surface area contributed by atoms with E-state index in [2.05, 4.69) is 15.5 Å². The maximum absolute atomic E-state index is 10.6. The summed E-state index contributed by atoms with van der Waals surface area (Å²) in [5.74, 6) is 0.932. The smallest absolute Gasteiger partial charge is 0.258 e. The first-order valence-electron chi connectivity index (χ1n) is 7.01. The summed E-state index contributed by atoms with van der Waals surface area (Å²) in [6, 6.07) is 0. The van der Waals surface area contributed by atoms with Gasteiger partial charge >= 0.3 is 0 Å². The lowest BCUT2D eigenvalue weighted by atomic mass is 9.92. The van der Waals surface area contributed by atoms with Gasteiger partial charge in [-0.15, -0.1) is 0 Å². The first-order chi connectivity index (χ1) is 9.19. The summed E-state index contributed by atoms with van der Waals surface area (Å²) >= 11 is 0. The normalized spacial score (nSPS) is 25.6. The van der Waals surface area contributed by atoms with Crippen LogP contribution in [0, 0.1) is 0 Å². The van der Waals surface area contributed by atoms with Crippen molar-refractivity contribution in [3.05, 3.63) is 11.7 Å². The van der Waals surface area contributed by atoms with Gasteiger partial charge in [-0.2, -0.15) is 4.98 Å². The average molecular weight is 267 g/mol. The van der Waals surface area contributed by atoms with E-state index in [0.717, 1.165) is 38.8 Å². The molecule has 1 aliphatic carbocycles. The molecule has 2 fully saturated rings. The van der Waals surface area contributed by atoms with E-state index in [4.69, 9.17) is 9.26 Å². The molecule has 1 aliphatic heterocycles. The van der Waals surface area contributed by atoms with Crippen molar-refractivity contribution in [2.24, 2.45) is 0 Å². The number of aromatic nitrogens is 2. The van der Waals surface area contributed by atoms with Crippen LogP contribution < -0.4 is 5.32 Å². The number of ether oxygens (including phenoxy) is 1. The Labute approximate surface area is 112 Å². The van der Waals surface area contributed by atoms with Crippen molar-refractivity contribution in [2.45, 2.75) is 49.7 Å². The lowest BCUT2D eigenvalue weighted by Crippen LogP contribution is -2.40. The minimum absolute atomic E-state index is 0.340. The second kappa shape index (κ2) is 4.85. The van der Waals surface area contributed by atoms with Gasteiger partial charge in [-0.1, -0.05) is 5.16 Å². The Bertz CT molecular complexity index is 434. The molecule has 0 unspecified atom stereocenters. The molecule has 0 atom stereocenters. The fraction of sp³-hybridized carbons (Fsp3) is 0.846. The van der Waals surface area contributed by atoms with Crippen molar-refractivity contribution in [3.63, 3.8) is 0 Å². The zero-order valence-corrected chi connectivity index (χ0v) is 11.3. The molecule has 0 radical (unpaired) electrons. The Hall–Kier alpha value is -0.980. The maximum atomic E-state index is 10.6. The minimum atomic E-state index is -0.982. The van der Waals surface area contributed by atoms with Crippen LogP contribution in [0.15, 0.2) is 4.52 Å². The first-order valence-corrected chi connectivity index (χ1v) is 7.01. The first kappa shape index (κ1) is 13.0. The van der Waals surface area contributed by atoms with Crippen molar-refractivity contribution < 1.29 is 14.4 Å². The van der Waals surface area contributed by atoms with E-state index in [1.165, 1.54) is 0 Å². The molecule has 1 aromatic heterocycles. The van der Waals surface area contributed by atoms with E-state index in [1.54, 1.807) is 7.11 Å². The van der Waals surface area contributed by atoms with Crippen LogP contribution in [0.5, 0.6) is 0 Å². The molecule has 0 bridgehead atoms. The summed E-state index contributed by atoms with van der Waals surface area (Å²) < 4.78 is 11.0. The van der Waals surface area contributed by atoms with Crippen LogP contribution in [0.3, 0.4) is 0 Å². The molecule has 2 N–H and O–H groups in total. The van der Waals surface area contributed by atoms with Crippen LogP contribution in [-0.2, 0) is 15.9 Å². The lowest BCUT2D eigenvalue weighted by Gasteiger charge is -2.28. The molecular weight excluding hydrogens is 246 g/mol. The molecule has 6 heteroatoms. The fourth-order valence-corrected chi connectivity index (χ4v) is 3.12. The van der Waals surface area contributed by atoms with Crippen molar-refractivity contribution in [1.82, 2.24) is 15.5 Å². The van der Waals surface area contributed by atoms with Gasteiger partial charge in [0.1, 0.15) is 11.2 Å². The number of methoxy groups -OCH3 is 1. The van der Waals surface area contributed by atoms with Gasteiger partial charge < -0.3 is 19.7 Å². The molecule has 19 heavy (non-hydrogen) atoms. The van der Waals surface area contributed by atoms with Gasteiger partial charge in [-0.05, 0) is 51.6 Å². The standard InChI is InChI=1S/C13H21N3O3/c1-18-13(4-2-3-5-13)10-15-11(19-16-10)12(17)6-8-14-9-7-12/h14,17H,2-9H2,1H3. The second-order valence-electron chi connectivity index (χ2n) is 5.61. The third-order valence-electron chi connectivity index (χ3n) is 4.46. The molecular formula is C13H21N3O3. The van der Waals surface area contributed by atoms with Crippen LogP contribution >= 0.6 is 0 Å². The molecule has 3 rings (SSSR count). The molecule has 106 valence electrons. The SMILES string of the molecule is COC1(c2noc(C3(O)CCNCC3)n2)CCCC1. The zero-order valence-electron chi connectivity index (χ0n) is 11.3. The Morgan fingerprint density at radius 3 is 2.53 bits per heavy atom. The van der Waals surface area contributed by atoms with Crippen LogP contribution in [0.4, 0.5) is 0 Å². The van der Waals surface area contributed by atoms with Crippen LogP contribution in [0.1, 0.15) is 50.2 Å². The van der Waals surface area contributed by atoms with Crippen molar-refractivity contribution in [1.29, 1.82) is 0 Å². The molecule has 0 amide bonds. The summed E-state index contributed by atoms with van der Waals surface area (Å²) in [4.78, 5) is 4.45. The Morgan fingerprint density at radius 1 is 1.21 bits per heavy atom. The van der Waals surface area contributed by atoms with Gasteiger partial charge in [0, 0.05) is 7.11 Å². The summed E-state index contributed by atoms with van der Waals surface area (Å²) in [7, 11) is 1.70. The second-order valence-corrected chi connectivity index (χ2v) is 5.61. The van der Waals surface area contributed by atoms with Gasteiger partial charge in [0.15, 0.2) is 0 Å². The monoisotopic (exact) mass is 267 g/mol. The number of hydrogen-bond acceptors (Lipinski definition) is 6. The van der Waals surface area contributed by atoms with Crippen molar-refractivity contribution in [2.75, 3.05) is 20.2 Å². The highest BCUT2D eigenvalue weighted by Crippen LogP contribution is 2.41. The van der Waals surface area contributed by atoms with Gasteiger partial charge in [-0.3, -0.25) is 0 Å². The van der Waals surface area contributed by atoms with E-state index in [9.17, 15) is 5.11 Å². The van der Waals surface area contributed by atoms with E-state index in [0.29, 0.717) is 24.6 Å². The molecule has 1 saturated carbocycles. The van der Waals surface area contributed by atoms with Crippen LogP contribution in [0.2, 0.25) is 0 Å². The minimum Gasteiger partial charge on any atom is -0.380 e. The number of nitrogens with zero attached hydrogens (tertiary/aromatic N) is 2. The Morgan fingerprint density at radius 2 is 1.89 bits per heavy atom. The summed E-state index contributed by atoms with van der Waals surface area (Å²) in [5.41, 5.74) is -1.39. The number of nitrogens with one attached hydrogen (secondary N) is 1. The van der Waals surface area contributed by atoms with Gasteiger partial charge in [-0.25, -0.2) is 0 Å². The molecule has 0 aromatic carbocycles. The number of piperidine rings is 1. The third kappa shape index (κ3) is 2.17. The number of aliphatic hydroxyl groups is 1. The fourth-order valence-electron chi connectivity index (χ4n) is 3.12. The largest absolute Gasteiger partial charge is 0.380 e. The van der Waals surface area contributed by atoms with E-state index < -0.39 is 11.2 Å². The highest BCUT2D eigenvalue weighted by molar-refractivity contribution is 5.08. The lowest BCUT2D eigenvalue weighted by molar-refractivity contribution is -0.0228.